The van der Waals surface area contributed by atoms with Gasteiger partial charge in [-0.1, -0.05) is 32.2 Å². The predicted octanol–water partition coefficient (Wildman–Crippen LogP) is 1.24. The Morgan fingerprint density at radius 1 is 1.38 bits per heavy atom. The molecule has 0 aromatic carbocycles. The molecule has 1 atom stereocenters. The molecule has 1 fully saturated rings. The Morgan fingerprint density at radius 2 is 1.88 bits per heavy atom. The van der Waals surface area contributed by atoms with Gasteiger partial charge in [-0.15, -0.1) is 0 Å². The van der Waals surface area contributed by atoms with Gasteiger partial charge in [-0.3, -0.25) is 0 Å². The lowest BCUT2D eigenvalue weighted by atomic mass is 10.4. The third kappa shape index (κ3) is 1.33. The van der Waals surface area contributed by atoms with Crippen LogP contribution in [0.25, 0.3) is 0 Å². The summed E-state index contributed by atoms with van der Waals surface area (Å²) in [4.78, 5) is 0. The topological polar surface area (TPSA) is 26.0 Å². The first kappa shape index (κ1) is 6.30. The first-order valence-electron chi connectivity index (χ1n) is 3.56. The number of nitrogens with two attached hydrogens (primary N) is 1. The van der Waals surface area contributed by atoms with E-state index in [2.05, 4.69) is 6.55 Å². The predicted molar refractivity (Wildman–Crippen MR) is 39.4 cm³/mol. The van der Waals surface area contributed by atoms with E-state index in [1.165, 1.54) is 25.7 Å². The minimum Gasteiger partial charge on any atom is -0.353 e. The third-order valence-corrected chi connectivity index (χ3v) is 4.30. The van der Waals surface area contributed by atoms with Gasteiger partial charge in [0, 0.05) is 0 Å². The van der Waals surface area contributed by atoms with Gasteiger partial charge in [-0.25, -0.2) is 0 Å². The summed E-state index contributed by atoms with van der Waals surface area (Å²) >= 11 is 0. The van der Waals surface area contributed by atoms with E-state index in [0.717, 1.165) is 5.54 Å². The lowest BCUT2D eigenvalue weighted by Gasteiger charge is -2.09. The molecule has 2 N–H and O–H groups in total. The molecule has 1 unspecified atom stereocenters. The SMILES string of the molecule is C[SiH](N)C1CCCC1. The average Bonchev–Trinajstić information content (AvgIpc) is 2.12. The molecule has 0 aromatic heterocycles. The smallest absolute Gasteiger partial charge is 0.106 e. The van der Waals surface area contributed by atoms with E-state index in [-0.39, 0.29) is 0 Å². The molecule has 1 nitrogen and oxygen atoms in total. The van der Waals surface area contributed by atoms with Gasteiger partial charge in [-0.2, -0.15) is 0 Å². The van der Waals surface area contributed by atoms with Gasteiger partial charge in [0.15, 0.2) is 0 Å². The van der Waals surface area contributed by atoms with Crippen molar-refractivity contribution >= 4 is 8.96 Å². The van der Waals surface area contributed by atoms with Crippen LogP contribution in [-0.4, -0.2) is 8.96 Å². The first-order valence-corrected chi connectivity index (χ1v) is 6.05. The maximum absolute atomic E-state index is 5.84. The van der Waals surface area contributed by atoms with E-state index >= 15 is 0 Å². The van der Waals surface area contributed by atoms with Crippen molar-refractivity contribution in [3.8, 4) is 0 Å². The van der Waals surface area contributed by atoms with Crippen molar-refractivity contribution in [3.05, 3.63) is 0 Å². The molecule has 0 amide bonds. The minimum absolute atomic E-state index is 0.723. The molecule has 1 saturated carbocycles. The summed E-state index contributed by atoms with van der Waals surface area (Å²) < 4.78 is 0. The zero-order chi connectivity index (χ0) is 5.98. The summed E-state index contributed by atoms with van der Waals surface area (Å²) in [5.41, 5.74) is 0.981. The molecule has 2 heteroatoms. The normalized spacial score (nSPS) is 26.2. The van der Waals surface area contributed by atoms with Gasteiger partial charge < -0.3 is 5.40 Å². The summed E-state index contributed by atoms with van der Waals surface area (Å²) in [5.74, 6) is 0. The molecule has 0 heterocycles. The molecule has 1 aliphatic carbocycles. The summed E-state index contributed by atoms with van der Waals surface area (Å²) in [7, 11) is -0.723. The van der Waals surface area contributed by atoms with Gasteiger partial charge >= 0.3 is 0 Å². The molecule has 8 heavy (non-hydrogen) atoms. The molecule has 0 saturated heterocycles. The van der Waals surface area contributed by atoms with Crippen LogP contribution in [-0.2, 0) is 0 Å². The molecule has 0 aromatic rings. The molecular formula is C6H15NSi. The maximum atomic E-state index is 5.84. The van der Waals surface area contributed by atoms with Gasteiger partial charge in [0.05, 0.1) is 0 Å². The molecule has 0 bridgehead atoms. The lowest BCUT2D eigenvalue weighted by molar-refractivity contribution is 0.852. The molecular weight excluding hydrogens is 114 g/mol. The van der Waals surface area contributed by atoms with Crippen molar-refractivity contribution in [1.29, 1.82) is 0 Å². The van der Waals surface area contributed by atoms with Crippen LogP contribution in [0.3, 0.4) is 0 Å². The number of hydrogen-bond donors (Lipinski definition) is 1. The molecule has 48 valence electrons. The zero-order valence-corrected chi connectivity index (χ0v) is 6.72. The van der Waals surface area contributed by atoms with Crippen molar-refractivity contribution in [3.63, 3.8) is 0 Å². The first-order chi connectivity index (χ1) is 3.80. The highest BCUT2D eigenvalue weighted by Crippen LogP contribution is 2.30. The van der Waals surface area contributed by atoms with Gasteiger partial charge in [0.25, 0.3) is 0 Å². The van der Waals surface area contributed by atoms with Crippen molar-refractivity contribution in [2.24, 2.45) is 5.40 Å². The lowest BCUT2D eigenvalue weighted by Crippen LogP contribution is -2.25. The highest BCUT2D eigenvalue weighted by atomic mass is 28.3. The minimum atomic E-state index is -0.723. The average molecular weight is 129 g/mol. The number of hydrogen-bond acceptors (Lipinski definition) is 1. The quantitative estimate of drug-likeness (QED) is 0.530. The van der Waals surface area contributed by atoms with Crippen molar-refractivity contribution in [2.45, 2.75) is 37.8 Å². The Bertz CT molecular complexity index is 66.9. The van der Waals surface area contributed by atoms with Crippen LogP contribution in [0.2, 0.25) is 12.1 Å². The van der Waals surface area contributed by atoms with Crippen LogP contribution in [0.4, 0.5) is 0 Å². The second-order valence-corrected chi connectivity index (χ2v) is 5.56. The Balaban J connectivity index is 2.24. The Kier molecular flexibility index (Phi) is 2.08. The van der Waals surface area contributed by atoms with Crippen LogP contribution in [0.5, 0.6) is 0 Å². The summed E-state index contributed by atoms with van der Waals surface area (Å²) in [6.07, 6.45) is 5.76. The molecule has 1 rings (SSSR count). The Morgan fingerprint density at radius 3 is 2.12 bits per heavy atom. The van der Waals surface area contributed by atoms with Crippen LogP contribution in [0.1, 0.15) is 25.7 Å². The van der Waals surface area contributed by atoms with Crippen LogP contribution in [0.15, 0.2) is 0 Å². The highest BCUT2D eigenvalue weighted by molar-refractivity contribution is 6.55. The molecule has 0 spiro atoms. The second kappa shape index (κ2) is 2.64. The number of rotatable bonds is 1. The van der Waals surface area contributed by atoms with Gasteiger partial charge in [0.2, 0.25) is 0 Å². The largest absolute Gasteiger partial charge is 0.353 e. The fourth-order valence-electron chi connectivity index (χ4n) is 1.48. The maximum Gasteiger partial charge on any atom is 0.106 e. The molecule has 1 aliphatic rings. The summed E-state index contributed by atoms with van der Waals surface area (Å²) in [6, 6.07) is 0. The fourth-order valence-corrected chi connectivity index (χ4v) is 3.01. The van der Waals surface area contributed by atoms with E-state index in [1.54, 1.807) is 0 Å². The molecule has 0 radical (unpaired) electrons. The standard InChI is InChI=1S/C6H15NSi/c1-8(7)6-4-2-3-5-6/h6,8H,2-5,7H2,1H3. The van der Waals surface area contributed by atoms with E-state index in [9.17, 15) is 0 Å². The second-order valence-electron chi connectivity index (χ2n) is 2.90. The van der Waals surface area contributed by atoms with Crippen molar-refractivity contribution in [1.82, 2.24) is 0 Å². The van der Waals surface area contributed by atoms with E-state index < -0.39 is 8.96 Å². The highest BCUT2D eigenvalue weighted by Gasteiger charge is 2.18. The Labute approximate surface area is 53.0 Å². The summed E-state index contributed by atoms with van der Waals surface area (Å²) in [5, 5.41) is 5.84. The summed E-state index contributed by atoms with van der Waals surface area (Å²) in [6.45, 7) is 2.26. The van der Waals surface area contributed by atoms with Crippen molar-refractivity contribution < 1.29 is 0 Å². The fraction of sp³-hybridized carbons (Fsp3) is 1.00. The van der Waals surface area contributed by atoms with Crippen molar-refractivity contribution in [2.75, 3.05) is 0 Å². The van der Waals surface area contributed by atoms with E-state index in [0.29, 0.717) is 0 Å². The van der Waals surface area contributed by atoms with Gasteiger partial charge in [0.1, 0.15) is 8.96 Å². The van der Waals surface area contributed by atoms with Crippen LogP contribution in [0, 0.1) is 0 Å². The van der Waals surface area contributed by atoms with E-state index in [4.69, 9.17) is 5.40 Å². The Hall–Kier alpha value is 0.177. The van der Waals surface area contributed by atoms with E-state index in [1.807, 2.05) is 0 Å². The van der Waals surface area contributed by atoms with Crippen LogP contribution >= 0.6 is 0 Å². The zero-order valence-electron chi connectivity index (χ0n) is 5.56. The monoisotopic (exact) mass is 129 g/mol. The van der Waals surface area contributed by atoms with Crippen LogP contribution < -0.4 is 5.40 Å². The third-order valence-electron chi connectivity index (χ3n) is 2.14. The molecule has 0 aliphatic heterocycles. The van der Waals surface area contributed by atoms with Gasteiger partial charge in [-0.05, 0) is 5.54 Å².